The van der Waals surface area contributed by atoms with Crippen LogP contribution in [0.25, 0.3) is 0 Å². The van der Waals surface area contributed by atoms with Crippen LogP contribution in [0.4, 0.5) is 0 Å². The highest BCUT2D eigenvalue weighted by molar-refractivity contribution is 7.80. The van der Waals surface area contributed by atoms with Crippen LogP contribution >= 0.6 is 12.2 Å². The summed E-state index contributed by atoms with van der Waals surface area (Å²) >= 11 is 4.80. The number of nitrogens with zero attached hydrogens (tertiary/aromatic N) is 2. The molecule has 4 nitrogen and oxygen atoms in total. The Balaban J connectivity index is 2.60. The van der Waals surface area contributed by atoms with E-state index in [1.165, 1.54) is 0 Å². The Morgan fingerprint density at radius 3 is 2.83 bits per heavy atom. The van der Waals surface area contributed by atoms with E-state index < -0.39 is 0 Å². The molecule has 1 fully saturated rings. The molecule has 0 radical (unpaired) electrons. The lowest BCUT2D eigenvalue weighted by molar-refractivity contribution is -0.129. The van der Waals surface area contributed by atoms with E-state index in [1.54, 1.807) is 16.8 Å². The number of hydrogen-bond acceptors (Lipinski definition) is 2. The normalized spacial score (nSPS) is 19.2. The first kappa shape index (κ1) is 9.25. The third-order valence-electron chi connectivity index (χ3n) is 1.99. The number of carbonyl (C=O) groups is 1. The van der Waals surface area contributed by atoms with E-state index >= 15 is 0 Å². The third kappa shape index (κ3) is 2.07. The number of hydrogen-bond donors (Lipinski definition) is 1. The van der Waals surface area contributed by atoms with Crippen LogP contribution in [0.15, 0.2) is 0 Å². The smallest absolute Gasteiger partial charge is 0.241 e. The summed E-state index contributed by atoms with van der Waals surface area (Å²) in [5.41, 5.74) is 5.43. The van der Waals surface area contributed by atoms with E-state index in [2.05, 4.69) is 0 Å². The Hall–Kier alpha value is -0.840. The van der Waals surface area contributed by atoms with Crippen molar-refractivity contribution in [2.75, 3.05) is 26.7 Å². The van der Waals surface area contributed by atoms with Gasteiger partial charge in [-0.15, -0.1) is 0 Å². The SMILES string of the molecule is CN1CCCN(C(N)=S)CC1=O. The zero-order valence-electron chi connectivity index (χ0n) is 7.12. The minimum Gasteiger partial charge on any atom is -0.376 e. The summed E-state index contributed by atoms with van der Waals surface area (Å²) in [6.07, 6.45) is 0.930. The van der Waals surface area contributed by atoms with Gasteiger partial charge in [0.2, 0.25) is 5.91 Å². The molecule has 0 aliphatic carbocycles. The van der Waals surface area contributed by atoms with Gasteiger partial charge in [0, 0.05) is 20.1 Å². The molecule has 1 heterocycles. The van der Waals surface area contributed by atoms with Crippen LogP contribution in [0.3, 0.4) is 0 Å². The van der Waals surface area contributed by atoms with Gasteiger partial charge in [0.25, 0.3) is 0 Å². The van der Waals surface area contributed by atoms with Gasteiger partial charge >= 0.3 is 0 Å². The van der Waals surface area contributed by atoms with Crippen LogP contribution in [0.5, 0.6) is 0 Å². The molecule has 12 heavy (non-hydrogen) atoms. The zero-order valence-corrected chi connectivity index (χ0v) is 7.93. The van der Waals surface area contributed by atoms with E-state index in [1.807, 2.05) is 0 Å². The molecule has 0 spiro atoms. The maximum Gasteiger partial charge on any atom is 0.241 e. The van der Waals surface area contributed by atoms with E-state index in [4.69, 9.17) is 18.0 Å². The van der Waals surface area contributed by atoms with Gasteiger partial charge in [-0.3, -0.25) is 4.79 Å². The van der Waals surface area contributed by atoms with Crippen molar-refractivity contribution in [1.29, 1.82) is 0 Å². The highest BCUT2D eigenvalue weighted by Crippen LogP contribution is 2.01. The zero-order chi connectivity index (χ0) is 9.14. The van der Waals surface area contributed by atoms with Crippen molar-refractivity contribution in [3.63, 3.8) is 0 Å². The first-order valence-corrected chi connectivity index (χ1v) is 4.30. The summed E-state index contributed by atoms with van der Waals surface area (Å²) < 4.78 is 0. The van der Waals surface area contributed by atoms with Crippen molar-refractivity contribution in [2.45, 2.75) is 6.42 Å². The fraction of sp³-hybridized carbons (Fsp3) is 0.714. The maximum atomic E-state index is 11.3. The number of amides is 1. The van der Waals surface area contributed by atoms with Gasteiger partial charge in [-0.2, -0.15) is 0 Å². The Morgan fingerprint density at radius 2 is 2.25 bits per heavy atom. The predicted octanol–water partition coefficient (Wildman–Crippen LogP) is -0.606. The Labute approximate surface area is 77.3 Å². The first-order chi connectivity index (χ1) is 5.61. The highest BCUT2D eigenvalue weighted by atomic mass is 32.1. The minimum atomic E-state index is 0.0836. The lowest BCUT2D eigenvalue weighted by Gasteiger charge is -2.18. The molecule has 0 aromatic carbocycles. The fourth-order valence-electron chi connectivity index (χ4n) is 1.17. The predicted molar refractivity (Wildman–Crippen MR) is 50.6 cm³/mol. The monoisotopic (exact) mass is 187 g/mol. The van der Waals surface area contributed by atoms with Crippen LogP contribution in [0, 0.1) is 0 Å². The number of rotatable bonds is 0. The second-order valence-electron chi connectivity index (χ2n) is 2.93. The van der Waals surface area contributed by atoms with Crippen molar-refractivity contribution in [3.8, 4) is 0 Å². The molecular weight excluding hydrogens is 174 g/mol. The largest absolute Gasteiger partial charge is 0.376 e. The summed E-state index contributed by atoms with van der Waals surface area (Å²) in [6, 6.07) is 0. The second-order valence-corrected chi connectivity index (χ2v) is 3.35. The van der Waals surface area contributed by atoms with Crippen molar-refractivity contribution >= 4 is 23.2 Å². The van der Waals surface area contributed by atoms with Gasteiger partial charge in [0.05, 0.1) is 6.54 Å². The molecule has 1 saturated heterocycles. The molecule has 0 unspecified atom stereocenters. The highest BCUT2D eigenvalue weighted by Gasteiger charge is 2.18. The molecule has 5 heteroatoms. The van der Waals surface area contributed by atoms with E-state index in [0.717, 1.165) is 19.5 Å². The van der Waals surface area contributed by atoms with Crippen molar-refractivity contribution in [2.24, 2.45) is 5.73 Å². The quantitative estimate of drug-likeness (QED) is 0.514. The maximum absolute atomic E-state index is 11.3. The summed E-state index contributed by atoms with van der Waals surface area (Å²) in [5, 5.41) is 0.318. The first-order valence-electron chi connectivity index (χ1n) is 3.89. The van der Waals surface area contributed by atoms with Gasteiger partial charge in [-0.05, 0) is 18.6 Å². The summed E-state index contributed by atoms with van der Waals surface area (Å²) in [5.74, 6) is 0.0836. The van der Waals surface area contributed by atoms with Crippen LogP contribution in [0.1, 0.15) is 6.42 Å². The molecule has 1 amide bonds. The van der Waals surface area contributed by atoms with E-state index in [0.29, 0.717) is 11.7 Å². The number of carbonyl (C=O) groups excluding carboxylic acids is 1. The molecule has 0 atom stereocenters. The van der Waals surface area contributed by atoms with Crippen molar-refractivity contribution in [1.82, 2.24) is 9.80 Å². The molecule has 0 aromatic rings. The Bertz CT molecular complexity index is 207. The van der Waals surface area contributed by atoms with Gasteiger partial charge < -0.3 is 15.5 Å². The molecular formula is C7H13N3OS. The Morgan fingerprint density at radius 1 is 1.58 bits per heavy atom. The van der Waals surface area contributed by atoms with Gasteiger partial charge in [-0.25, -0.2) is 0 Å². The van der Waals surface area contributed by atoms with E-state index in [-0.39, 0.29) is 5.91 Å². The molecule has 2 N–H and O–H groups in total. The topological polar surface area (TPSA) is 49.6 Å². The molecule has 1 rings (SSSR count). The van der Waals surface area contributed by atoms with Crippen LogP contribution in [-0.4, -0.2) is 47.5 Å². The number of thiocarbonyl (C=S) groups is 1. The lowest BCUT2D eigenvalue weighted by atomic mass is 10.4. The van der Waals surface area contributed by atoms with Crippen molar-refractivity contribution in [3.05, 3.63) is 0 Å². The average molecular weight is 187 g/mol. The van der Waals surface area contributed by atoms with Gasteiger partial charge in [0.1, 0.15) is 0 Å². The molecule has 0 saturated carbocycles. The van der Waals surface area contributed by atoms with Crippen LogP contribution < -0.4 is 5.73 Å². The summed E-state index contributed by atoms with van der Waals surface area (Å²) in [7, 11) is 1.80. The fourth-order valence-corrected chi connectivity index (χ4v) is 1.33. The number of nitrogens with two attached hydrogens (primary N) is 1. The molecule has 0 aromatic heterocycles. The molecule has 1 aliphatic heterocycles. The summed E-state index contributed by atoms with van der Waals surface area (Å²) in [4.78, 5) is 14.7. The third-order valence-corrected chi connectivity index (χ3v) is 2.24. The summed E-state index contributed by atoms with van der Waals surface area (Å²) in [6.45, 7) is 1.90. The minimum absolute atomic E-state index is 0.0836. The van der Waals surface area contributed by atoms with E-state index in [9.17, 15) is 4.79 Å². The lowest BCUT2D eigenvalue weighted by Crippen LogP contribution is -2.40. The number of likely N-dealkylation sites (N-methyl/N-ethyl adjacent to an activating group) is 1. The van der Waals surface area contributed by atoms with Gasteiger partial charge in [-0.1, -0.05) is 0 Å². The molecule has 0 bridgehead atoms. The molecule has 68 valence electrons. The standard InChI is InChI=1S/C7H13N3OS/c1-9-3-2-4-10(7(8)12)5-6(9)11/h2-5H2,1H3,(H2,8,12). The second kappa shape index (κ2) is 3.71. The van der Waals surface area contributed by atoms with Crippen LogP contribution in [0.2, 0.25) is 0 Å². The van der Waals surface area contributed by atoms with Crippen LogP contribution in [-0.2, 0) is 4.79 Å². The van der Waals surface area contributed by atoms with Gasteiger partial charge in [0.15, 0.2) is 5.11 Å². The van der Waals surface area contributed by atoms with Crippen molar-refractivity contribution < 1.29 is 4.79 Å². The molecule has 1 aliphatic rings. The Kier molecular flexibility index (Phi) is 2.86. The average Bonchev–Trinajstić information content (AvgIpc) is 2.15.